The minimum atomic E-state index is 0.547. The van der Waals surface area contributed by atoms with Gasteiger partial charge < -0.3 is 15.4 Å². The Hall–Kier alpha value is -1.36. The van der Waals surface area contributed by atoms with E-state index in [1.54, 1.807) is 0 Å². The Balaban J connectivity index is 2.78. The van der Waals surface area contributed by atoms with Crippen LogP contribution in [0.4, 0.5) is 11.6 Å². The zero-order valence-corrected chi connectivity index (χ0v) is 10.4. The van der Waals surface area contributed by atoms with Gasteiger partial charge in [-0.05, 0) is 20.8 Å². The molecule has 16 heavy (non-hydrogen) atoms. The van der Waals surface area contributed by atoms with Crippen LogP contribution in [0.15, 0.2) is 0 Å². The van der Waals surface area contributed by atoms with Gasteiger partial charge in [-0.3, -0.25) is 0 Å². The zero-order chi connectivity index (χ0) is 12.1. The third-order valence-electron chi connectivity index (χ3n) is 2.41. The Morgan fingerprint density at radius 2 is 2.00 bits per heavy atom. The van der Waals surface area contributed by atoms with Gasteiger partial charge in [0, 0.05) is 25.8 Å². The number of rotatable bonds is 5. The molecule has 0 aliphatic rings. The van der Waals surface area contributed by atoms with Crippen LogP contribution in [0.25, 0.3) is 0 Å². The predicted octanol–water partition coefficient (Wildman–Crippen LogP) is 1.15. The highest BCUT2D eigenvalue weighted by Gasteiger charge is 2.10. The first-order valence-corrected chi connectivity index (χ1v) is 5.45. The van der Waals surface area contributed by atoms with Gasteiger partial charge in [-0.25, -0.2) is 9.97 Å². The van der Waals surface area contributed by atoms with E-state index < -0.39 is 0 Å². The maximum atomic E-state index is 5.81. The molecule has 0 aromatic carbocycles. The molecule has 0 radical (unpaired) electrons. The number of likely N-dealkylation sites (N-methyl/N-ethyl adjacent to an activating group) is 1. The lowest BCUT2D eigenvalue weighted by Gasteiger charge is -2.20. The molecule has 1 rings (SSSR count). The molecule has 0 saturated heterocycles. The molecule has 0 aliphatic carbocycles. The molecule has 0 fully saturated rings. The normalized spacial score (nSPS) is 10.5. The number of ether oxygens (including phenoxy) is 1. The lowest BCUT2D eigenvalue weighted by Crippen LogP contribution is -2.25. The summed E-state index contributed by atoms with van der Waals surface area (Å²) >= 11 is 0. The van der Waals surface area contributed by atoms with Crippen molar-refractivity contribution < 1.29 is 4.74 Å². The fraction of sp³-hybridized carbons (Fsp3) is 0.636. The fourth-order valence-corrected chi connectivity index (χ4v) is 1.46. The molecule has 1 aromatic rings. The molecular formula is C11H20N4O. The van der Waals surface area contributed by atoms with Gasteiger partial charge in [0.05, 0.1) is 6.61 Å². The molecule has 0 aliphatic heterocycles. The average Bonchev–Trinajstić information content (AvgIpc) is 2.23. The third-order valence-corrected chi connectivity index (χ3v) is 2.41. The van der Waals surface area contributed by atoms with Crippen LogP contribution in [0.2, 0.25) is 0 Å². The van der Waals surface area contributed by atoms with Gasteiger partial charge in [0.15, 0.2) is 0 Å². The number of hydrogen-bond acceptors (Lipinski definition) is 5. The second-order valence-corrected chi connectivity index (χ2v) is 3.72. The fourth-order valence-electron chi connectivity index (χ4n) is 1.46. The summed E-state index contributed by atoms with van der Waals surface area (Å²) in [5.41, 5.74) is 6.73. The van der Waals surface area contributed by atoms with Gasteiger partial charge >= 0.3 is 0 Å². The van der Waals surface area contributed by atoms with E-state index in [9.17, 15) is 0 Å². The van der Waals surface area contributed by atoms with E-state index in [0.29, 0.717) is 18.2 Å². The van der Waals surface area contributed by atoms with Gasteiger partial charge in [-0.2, -0.15) is 0 Å². The first-order valence-electron chi connectivity index (χ1n) is 5.45. The SMILES string of the molecule is CCOCCN(C)c1nc(C)nc(N)c1C. The lowest BCUT2D eigenvalue weighted by molar-refractivity contribution is 0.154. The first kappa shape index (κ1) is 12.7. The zero-order valence-electron chi connectivity index (χ0n) is 10.4. The van der Waals surface area contributed by atoms with Crippen LogP contribution in [0.5, 0.6) is 0 Å². The van der Waals surface area contributed by atoms with E-state index in [1.807, 2.05) is 32.7 Å². The highest BCUT2D eigenvalue weighted by atomic mass is 16.5. The van der Waals surface area contributed by atoms with E-state index in [2.05, 4.69) is 9.97 Å². The number of aromatic nitrogens is 2. The van der Waals surface area contributed by atoms with Crippen LogP contribution in [0.3, 0.4) is 0 Å². The summed E-state index contributed by atoms with van der Waals surface area (Å²) < 4.78 is 5.31. The molecule has 5 nitrogen and oxygen atoms in total. The second kappa shape index (κ2) is 5.65. The van der Waals surface area contributed by atoms with Crippen molar-refractivity contribution in [1.29, 1.82) is 0 Å². The third kappa shape index (κ3) is 3.06. The number of nitrogen functional groups attached to an aromatic ring is 1. The van der Waals surface area contributed by atoms with Crippen molar-refractivity contribution >= 4 is 11.6 Å². The molecule has 0 unspecified atom stereocenters. The lowest BCUT2D eigenvalue weighted by atomic mass is 10.3. The van der Waals surface area contributed by atoms with Crippen molar-refractivity contribution in [1.82, 2.24) is 9.97 Å². The second-order valence-electron chi connectivity index (χ2n) is 3.72. The topological polar surface area (TPSA) is 64.3 Å². The van der Waals surface area contributed by atoms with Crippen LogP contribution in [-0.4, -0.2) is 36.8 Å². The summed E-state index contributed by atoms with van der Waals surface area (Å²) in [6, 6.07) is 0. The summed E-state index contributed by atoms with van der Waals surface area (Å²) in [4.78, 5) is 10.6. The van der Waals surface area contributed by atoms with E-state index in [0.717, 1.165) is 24.5 Å². The summed E-state index contributed by atoms with van der Waals surface area (Å²) in [7, 11) is 1.98. The molecule has 0 saturated carbocycles. The largest absolute Gasteiger partial charge is 0.383 e. The van der Waals surface area contributed by atoms with Crippen molar-refractivity contribution in [3.8, 4) is 0 Å². The van der Waals surface area contributed by atoms with Crippen molar-refractivity contribution in [2.45, 2.75) is 20.8 Å². The van der Waals surface area contributed by atoms with Gasteiger partial charge in [-0.1, -0.05) is 0 Å². The highest BCUT2D eigenvalue weighted by molar-refractivity contribution is 5.55. The average molecular weight is 224 g/mol. The molecule has 1 aromatic heterocycles. The predicted molar refractivity (Wildman–Crippen MR) is 65.7 cm³/mol. The number of nitrogens with zero attached hydrogens (tertiary/aromatic N) is 3. The first-order chi connectivity index (χ1) is 7.56. The monoisotopic (exact) mass is 224 g/mol. The van der Waals surface area contributed by atoms with Crippen molar-refractivity contribution in [3.05, 3.63) is 11.4 Å². The van der Waals surface area contributed by atoms with Crippen LogP contribution in [-0.2, 0) is 4.74 Å². The molecule has 0 bridgehead atoms. The van der Waals surface area contributed by atoms with Crippen molar-refractivity contribution in [2.24, 2.45) is 0 Å². The van der Waals surface area contributed by atoms with Crippen molar-refractivity contribution in [2.75, 3.05) is 37.4 Å². The minimum absolute atomic E-state index is 0.547. The molecular weight excluding hydrogens is 204 g/mol. The van der Waals surface area contributed by atoms with Crippen LogP contribution >= 0.6 is 0 Å². The van der Waals surface area contributed by atoms with E-state index in [1.165, 1.54) is 0 Å². The minimum Gasteiger partial charge on any atom is -0.383 e. The standard InChI is InChI=1S/C11H20N4O/c1-5-16-7-6-15(4)11-8(2)10(12)13-9(3)14-11/h5-7H2,1-4H3,(H2,12,13,14). The number of anilines is 2. The Labute approximate surface area is 96.6 Å². The molecule has 1 heterocycles. The Bertz CT molecular complexity index is 354. The molecule has 2 N–H and O–H groups in total. The summed E-state index contributed by atoms with van der Waals surface area (Å²) in [6.07, 6.45) is 0. The van der Waals surface area contributed by atoms with E-state index >= 15 is 0 Å². The van der Waals surface area contributed by atoms with Gasteiger partial charge in [0.25, 0.3) is 0 Å². The van der Waals surface area contributed by atoms with Gasteiger partial charge in [0.1, 0.15) is 17.5 Å². The quantitative estimate of drug-likeness (QED) is 0.760. The maximum Gasteiger partial charge on any atom is 0.137 e. The van der Waals surface area contributed by atoms with E-state index in [-0.39, 0.29) is 0 Å². The van der Waals surface area contributed by atoms with Crippen LogP contribution in [0.1, 0.15) is 18.3 Å². The summed E-state index contributed by atoms with van der Waals surface area (Å²) in [5.74, 6) is 2.12. The van der Waals surface area contributed by atoms with Crippen LogP contribution in [0, 0.1) is 13.8 Å². The number of nitrogens with two attached hydrogens (primary N) is 1. The highest BCUT2D eigenvalue weighted by Crippen LogP contribution is 2.19. The summed E-state index contributed by atoms with van der Waals surface area (Å²) in [6.45, 7) is 7.98. The molecule has 90 valence electrons. The molecule has 0 spiro atoms. The van der Waals surface area contributed by atoms with Crippen molar-refractivity contribution in [3.63, 3.8) is 0 Å². The van der Waals surface area contributed by atoms with Gasteiger partial charge in [0.2, 0.25) is 0 Å². The molecule has 5 heteroatoms. The van der Waals surface area contributed by atoms with E-state index in [4.69, 9.17) is 10.5 Å². The number of hydrogen-bond donors (Lipinski definition) is 1. The Kier molecular flexibility index (Phi) is 4.49. The number of aryl methyl sites for hydroxylation is 1. The van der Waals surface area contributed by atoms with Gasteiger partial charge in [-0.15, -0.1) is 0 Å². The molecule has 0 amide bonds. The maximum absolute atomic E-state index is 5.81. The Morgan fingerprint density at radius 3 is 2.62 bits per heavy atom. The smallest absolute Gasteiger partial charge is 0.137 e. The summed E-state index contributed by atoms with van der Waals surface area (Å²) in [5, 5.41) is 0. The van der Waals surface area contributed by atoms with Crippen LogP contribution < -0.4 is 10.6 Å². The Morgan fingerprint density at radius 1 is 1.31 bits per heavy atom. The molecule has 0 atom stereocenters.